The third-order valence-corrected chi connectivity index (χ3v) is 5.79. The highest BCUT2D eigenvalue weighted by atomic mass is 32.1. The molecule has 7 nitrogen and oxygen atoms in total. The highest BCUT2D eigenvalue weighted by Crippen LogP contribution is 2.39. The summed E-state index contributed by atoms with van der Waals surface area (Å²) in [6.07, 6.45) is 5.62. The molecule has 1 aliphatic rings. The van der Waals surface area contributed by atoms with Gasteiger partial charge in [-0.3, -0.25) is 4.79 Å². The van der Waals surface area contributed by atoms with Crippen LogP contribution < -0.4 is 5.32 Å². The van der Waals surface area contributed by atoms with E-state index >= 15 is 0 Å². The van der Waals surface area contributed by atoms with E-state index < -0.39 is 0 Å². The van der Waals surface area contributed by atoms with E-state index in [2.05, 4.69) is 41.2 Å². The summed E-state index contributed by atoms with van der Waals surface area (Å²) in [5, 5.41) is 8.23. The molecule has 0 radical (unpaired) electrons. The summed E-state index contributed by atoms with van der Waals surface area (Å²) in [4.78, 5) is 23.5. The van der Waals surface area contributed by atoms with Crippen LogP contribution in [0.1, 0.15) is 61.1 Å². The molecule has 4 rings (SSSR count). The molecule has 1 amide bonds. The number of hydrogen-bond donors (Lipinski definition) is 1. The lowest BCUT2D eigenvalue weighted by Crippen LogP contribution is -2.31. The van der Waals surface area contributed by atoms with E-state index in [0.29, 0.717) is 18.8 Å². The monoisotopic (exact) mass is 373 g/mol. The van der Waals surface area contributed by atoms with Crippen LogP contribution in [0, 0.1) is 0 Å². The zero-order valence-electron chi connectivity index (χ0n) is 15.3. The van der Waals surface area contributed by atoms with E-state index in [4.69, 9.17) is 4.74 Å². The van der Waals surface area contributed by atoms with Crippen LogP contribution >= 0.6 is 11.3 Å². The molecule has 0 saturated carbocycles. The van der Waals surface area contributed by atoms with Crippen LogP contribution in [-0.4, -0.2) is 37.6 Å². The fourth-order valence-electron chi connectivity index (χ4n) is 3.29. The van der Waals surface area contributed by atoms with Gasteiger partial charge in [-0.1, -0.05) is 19.8 Å². The summed E-state index contributed by atoms with van der Waals surface area (Å²) in [5.74, 6) is -0.0345. The van der Waals surface area contributed by atoms with Crippen LogP contribution in [0.25, 0.3) is 15.9 Å². The van der Waals surface area contributed by atoms with Crippen molar-refractivity contribution >= 4 is 33.1 Å². The van der Waals surface area contributed by atoms with E-state index in [1.165, 1.54) is 10.4 Å². The van der Waals surface area contributed by atoms with Gasteiger partial charge in [0, 0.05) is 17.8 Å². The Balaban J connectivity index is 1.71. The summed E-state index contributed by atoms with van der Waals surface area (Å²) in [5.41, 5.74) is 1.71. The first-order valence-electron chi connectivity index (χ1n) is 9.06. The third-order valence-electron chi connectivity index (χ3n) is 4.68. The highest BCUT2D eigenvalue weighted by molar-refractivity contribution is 7.19. The van der Waals surface area contributed by atoms with Gasteiger partial charge in [0.05, 0.1) is 17.6 Å². The number of fused-ring (bicyclic) bond motifs is 5. The molecular weight excluding hydrogens is 350 g/mol. The summed E-state index contributed by atoms with van der Waals surface area (Å²) in [6, 6.07) is 0. The van der Waals surface area contributed by atoms with E-state index in [1.54, 1.807) is 22.2 Å². The Hall–Kier alpha value is -2.06. The number of nitrogens with zero attached hydrogens (tertiary/aromatic N) is 4. The predicted molar refractivity (Wildman–Crippen MR) is 101 cm³/mol. The minimum absolute atomic E-state index is 0.196. The zero-order valence-corrected chi connectivity index (χ0v) is 16.2. The van der Waals surface area contributed by atoms with Crippen molar-refractivity contribution in [3.8, 4) is 0 Å². The Kier molecular flexibility index (Phi) is 4.40. The van der Waals surface area contributed by atoms with Gasteiger partial charge in [-0.2, -0.15) is 0 Å². The maximum atomic E-state index is 12.4. The number of carbonyl (C=O) groups excluding carboxylic acids is 1. The number of hydrogen-bond acceptors (Lipinski definition) is 6. The molecule has 8 heteroatoms. The largest absolute Gasteiger partial charge is 0.370 e. The number of thiophene rings is 1. The second-order valence-electron chi connectivity index (χ2n) is 7.32. The van der Waals surface area contributed by atoms with E-state index in [-0.39, 0.29) is 17.3 Å². The lowest BCUT2D eigenvalue weighted by molar-refractivity contribution is -0.0379. The fourth-order valence-corrected chi connectivity index (χ4v) is 4.36. The van der Waals surface area contributed by atoms with Gasteiger partial charge in [0.15, 0.2) is 5.65 Å². The van der Waals surface area contributed by atoms with Crippen LogP contribution in [0.2, 0.25) is 0 Å². The van der Waals surface area contributed by atoms with Crippen LogP contribution in [0.4, 0.5) is 0 Å². The molecule has 0 saturated heterocycles. The second-order valence-corrected chi connectivity index (χ2v) is 8.40. The summed E-state index contributed by atoms with van der Waals surface area (Å²) in [6.45, 7) is 7.55. The number of aromatic nitrogens is 4. The lowest BCUT2D eigenvalue weighted by atomic mass is 9.94. The predicted octanol–water partition coefficient (Wildman–Crippen LogP) is 3.11. The Labute approximate surface area is 155 Å². The third kappa shape index (κ3) is 3.07. The topological polar surface area (TPSA) is 81.4 Å². The summed E-state index contributed by atoms with van der Waals surface area (Å²) in [7, 11) is 0. The number of carbonyl (C=O) groups is 1. The van der Waals surface area contributed by atoms with Gasteiger partial charge in [0.2, 0.25) is 5.82 Å². The molecule has 26 heavy (non-hydrogen) atoms. The first-order valence-corrected chi connectivity index (χ1v) is 9.88. The van der Waals surface area contributed by atoms with E-state index in [1.807, 2.05) is 0 Å². The first kappa shape index (κ1) is 17.4. The van der Waals surface area contributed by atoms with Crippen LogP contribution in [-0.2, 0) is 17.8 Å². The molecule has 0 bridgehead atoms. The van der Waals surface area contributed by atoms with Gasteiger partial charge in [-0.25, -0.2) is 14.5 Å². The summed E-state index contributed by atoms with van der Waals surface area (Å²) < 4.78 is 7.53. The molecule has 3 aromatic heterocycles. The number of amides is 1. The maximum Gasteiger partial charge on any atom is 0.290 e. The van der Waals surface area contributed by atoms with Crippen molar-refractivity contribution in [3.63, 3.8) is 0 Å². The number of unbranched alkanes of at least 4 members (excludes halogenated alkanes) is 2. The van der Waals surface area contributed by atoms with Gasteiger partial charge in [0.25, 0.3) is 5.91 Å². The minimum atomic E-state index is -0.231. The van der Waals surface area contributed by atoms with Gasteiger partial charge in [-0.05, 0) is 25.8 Å². The maximum absolute atomic E-state index is 12.4. The second kappa shape index (κ2) is 6.59. The molecule has 0 aromatic carbocycles. The number of ether oxygens (including phenoxy) is 1. The Morgan fingerprint density at radius 3 is 3.08 bits per heavy atom. The molecule has 0 atom stereocenters. The van der Waals surface area contributed by atoms with Gasteiger partial charge in [-0.15, -0.1) is 16.4 Å². The van der Waals surface area contributed by atoms with Crippen LogP contribution in [0.3, 0.4) is 0 Å². The molecular formula is C18H23N5O2S. The Morgan fingerprint density at radius 2 is 2.27 bits per heavy atom. The Morgan fingerprint density at radius 1 is 1.42 bits per heavy atom. The van der Waals surface area contributed by atoms with Crippen molar-refractivity contribution in [2.24, 2.45) is 0 Å². The normalized spacial score (nSPS) is 16.1. The average Bonchev–Trinajstić information content (AvgIpc) is 3.18. The highest BCUT2D eigenvalue weighted by Gasteiger charge is 2.31. The molecule has 0 spiro atoms. The van der Waals surface area contributed by atoms with Gasteiger partial charge >= 0.3 is 0 Å². The molecule has 4 heterocycles. The molecule has 1 aliphatic heterocycles. The average molecular weight is 373 g/mol. The zero-order chi connectivity index (χ0) is 18.3. The molecule has 3 aromatic rings. The van der Waals surface area contributed by atoms with Crippen molar-refractivity contribution in [3.05, 3.63) is 22.6 Å². The SMILES string of the molecule is CCCCCNC(=O)c1nc2c3c4c(sc3ncn2n1)COC(C)(C)C4. The molecule has 0 aliphatic carbocycles. The standard InChI is InChI=1S/C18H23N5O2S/c1-4-5-6-7-19-16(24)14-21-15-13-11-8-18(2,3)25-9-12(11)26-17(13)20-10-23(15)22-14/h10H,4-9H2,1-3H3,(H,19,24). The molecule has 138 valence electrons. The summed E-state index contributed by atoms with van der Waals surface area (Å²) >= 11 is 1.63. The van der Waals surface area contributed by atoms with Crippen molar-refractivity contribution in [2.75, 3.05) is 6.54 Å². The Bertz CT molecular complexity index is 975. The van der Waals surface area contributed by atoms with Crippen LogP contribution in [0.15, 0.2) is 6.33 Å². The van der Waals surface area contributed by atoms with Gasteiger partial charge < -0.3 is 10.1 Å². The number of rotatable bonds is 5. The molecule has 0 fully saturated rings. The van der Waals surface area contributed by atoms with E-state index in [9.17, 15) is 4.79 Å². The van der Waals surface area contributed by atoms with Crippen molar-refractivity contribution in [1.29, 1.82) is 0 Å². The molecule has 0 unspecified atom stereocenters. The van der Waals surface area contributed by atoms with Gasteiger partial charge in [0.1, 0.15) is 11.2 Å². The van der Waals surface area contributed by atoms with E-state index in [0.717, 1.165) is 35.9 Å². The first-order chi connectivity index (χ1) is 12.5. The lowest BCUT2D eigenvalue weighted by Gasteiger charge is -2.30. The quantitative estimate of drug-likeness (QED) is 0.695. The van der Waals surface area contributed by atoms with Crippen molar-refractivity contribution in [2.45, 2.75) is 58.7 Å². The smallest absolute Gasteiger partial charge is 0.290 e. The van der Waals surface area contributed by atoms with Crippen LogP contribution in [0.5, 0.6) is 0 Å². The minimum Gasteiger partial charge on any atom is -0.370 e. The fraction of sp³-hybridized carbons (Fsp3) is 0.556. The van der Waals surface area contributed by atoms with Crippen molar-refractivity contribution in [1.82, 2.24) is 24.9 Å². The van der Waals surface area contributed by atoms with Crippen molar-refractivity contribution < 1.29 is 9.53 Å². The number of nitrogens with one attached hydrogen (secondary N) is 1. The molecule has 1 N–H and O–H groups in total.